The van der Waals surface area contributed by atoms with Crippen LogP contribution in [0.3, 0.4) is 0 Å². The maximum absolute atomic E-state index is 12.7. The Labute approximate surface area is 181 Å². The first kappa shape index (κ1) is 23.8. The Balaban J connectivity index is 2.26. The van der Waals surface area contributed by atoms with Crippen molar-refractivity contribution in [2.45, 2.75) is 25.7 Å². The van der Waals surface area contributed by atoms with Crippen LogP contribution in [0.2, 0.25) is 5.02 Å². The van der Waals surface area contributed by atoms with Crippen molar-refractivity contribution in [3.8, 4) is 0 Å². The van der Waals surface area contributed by atoms with Gasteiger partial charge in [-0.3, -0.25) is 14.4 Å². The molecule has 0 aliphatic heterocycles. The number of hydrogen-bond acceptors (Lipinski definition) is 5. The van der Waals surface area contributed by atoms with Crippen molar-refractivity contribution in [3.05, 3.63) is 53.1 Å². The Bertz CT molecular complexity index is 1060. The Morgan fingerprint density at radius 1 is 1.03 bits per heavy atom. The summed E-state index contributed by atoms with van der Waals surface area (Å²) in [5, 5.41) is 5.42. The van der Waals surface area contributed by atoms with Crippen LogP contribution in [-0.4, -0.2) is 38.9 Å². The number of hydrogen-bond donors (Lipinski definition) is 2. The molecule has 2 aromatic rings. The van der Waals surface area contributed by atoms with Crippen LogP contribution < -0.4 is 10.6 Å². The average Bonchev–Trinajstić information content (AvgIpc) is 2.66. The van der Waals surface area contributed by atoms with Crippen LogP contribution in [0.1, 0.15) is 31.1 Å². The summed E-state index contributed by atoms with van der Waals surface area (Å²) in [6.45, 7) is 5.38. The van der Waals surface area contributed by atoms with Crippen LogP contribution in [-0.2, 0) is 19.7 Å². The van der Waals surface area contributed by atoms with Gasteiger partial charge in [-0.1, -0.05) is 42.9 Å². The fourth-order valence-corrected chi connectivity index (χ4v) is 3.75. The van der Waals surface area contributed by atoms with Gasteiger partial charge in [-0.25, -0.2) is 8.42 Å². The first-order valence-electron chi connectivity index (χ1n) is 8.91. The largest absolute Gasteiger partial charge is 0.326 e. The number of rotatable bonds is 6. The number of carbonyl (C=O) groups excluding carboxylic acids is 2. The Kier molecular flexibility index (Phi) is 7.25. The summed E-state index contributed by atoms with van der Waals surface area (Å²) < 4.78 is 25.6. The van der Waals surface area contributed by atoms with Crippen LogP contribution in [0.4, 0.5) is 11.4 Å². The van der Waals surface area contributed by atoms with E-state index in [4.69, 9.17) is 16.4 Å². The van der Waals surface area contributed by atoms with E-state index < -0.39 is 21.3 Å². The lowest BCUT2D eigenvalue weighted by atomic mass is 9.95. The van der Waals surface area contributed by atoms with E-state index in [1.807, 2.05) is 0 Å². The van der Waals surface area contributed by atoms with Gasteiger partial charge in [0.25, 0.3) is 15.9 Å². The van der Waals surface area contributed by atoms with Crippen molar-refractivity contribution in [1.29, 1.82) is 0 Å². The van der Waals surface area contributed by atoms with Gasteiger partial charge in [-0.2, -0.15) is 0 Å². The fourth-order valence-electron chi connectivity index (χ4n) is 2.28. The average molecular weight is 454 g/mol. The molecule has 30 heavy (non-hydrogen) atoms. The second-order valence-electron chi connectivity index (χ2n) is 7.48. The Morgan fingerprint density at radius 2 is 1.63 bits per heavy atom. The Morgan fingerprint density at radius 3 is 2.20 bits per heavy atom. The molecule has 10 heteroatoms. The lowest BCUT2D eigenvalue weighted by Gasteiger charge is -2.18. The molecule has 2 amide bonds. The summed E-state index contributed by atoms with van der Waals surface area (Å²) in [4.78, 5) is 29.3. The summed E-state index contributed by atoms with van der Waals surface area (Å²) >= 11 is 6.02. The molecule has 0 bridgehead atoms. The van der Waals surface area contributed by atoms with E-state index >= 15 is 0 Å². The van der Waals surface area contributed by atoms with Crippen molar-refractivity contribution in [2.24, 2.45) is 5.41 Å². The molecule has 0 aromatic heterocycles. The molecule has 0 atom stereocenters. The van der Waals surface area contributed by atoms with Crippen LogP contribution >= 0.6 is 11.6 Å². The maximum atomic E-state index is 12.7. The molecule has 0 spiro atoms. The standard InChI is InChI=1S/C20H24ClN3O5S/c1-20(2,3)19(26)23-15-8-6-7-14(12-15)22-18(25)13-9-10-16(21)17(11-13)30(27,28)24(4)29-5/h6-12H,1-5H3,(H,22,25)(H,23,26). The summed E-state index contributed by atoms with van der Waals surface area (Å²) in [7, 11) is -1.61. The highest BCUT2D eigenvalue weighted by Crippen LogP contribution is 2.26. The molecule has 0 saturated carbocycles. The SMILES string of the molecule is CON(C)S(=O)(=O)c1cc(C(=O)Nc2cccc(NC(=O)C(C)(C)C)c2)ccc1Cl. The maximum Gasteiger partial charge on any atom is 0.266 e. The molecule has 0 heterocycles. The van der Waals surface area contributed by atoms with E-state index in [1.54, 1.807) is 45.0 Å². The highest BCUT2D eigenvalue weighted by Gasteiger charge is 2.25. The number of amides is 2. The van der Waals surface area contributed by atoms with Gasteiger partial charge in [-0.15, -0.1) is 0 Å². The number of nitrogens with zero attached hydrogens (tertiary/aromatic N) is 1. The molecule has 0 saturated heterocycles. The minimum absolute atomic E-state index is 0.0395. The molecular formula is C20H24ClN3O5S. The zero-order valence-electron chi connectivity index (χ0n) is 17.3. The quantitative estimate of drug-likeness (QED) is 0.648. The highest BCUT2D eigenvalue weighted by molar-refractivity contribution is 7.89. The monoisotopic (exact) mass is 453 g/mol. The number of halogens is 1. The second kappa shape index (κ2) is 9.13. The first-order chi connectivity index (χ1) is 13.9. The third-order valence-corrected chi connectivity index (χ3v) is 6.29. The fraction of sp³-hybridized carbons (Fsp3) is 0.300. The zero-order valence-corrected chi connectivity index (χ0v) is 18.9. The number of hydroxylamine groups is 1. The summed E-state index contributed by atoms with van der Waals surface area (Å²) in [6, 6.07) is 10.5. The topological polar surface area (TPSA) is 105 Å². The van der Waals surface area contributed by atoms with Crippen molar-refractivity contribution >= 4 is 44.8 Å². The molecular weight excluding hydrogens is 430 g/mol. The van der Waals surface area contributed by atoms with Crippen LogP contribution in [0.25, 0.3) is 0 Å². The van der Waals surface area contributed by atoms with Gasteiger partial charge in [0.1, 0.15) is 4.90 Å². The van der Waals surface area contributed by atoms with Gasteiger partial charge in [0.15, 0.2) is 0 Å². The van der Waals surface area contributed by atoms with Gasteiger partial charge < -0.3 is 10.6 Å². The highest BCUT2D eigenvalue weighted by atomic mass is 35.5. The number of carbonyl (C=O) groups is 2. The summed E-state index contributed by atoms with van der Waals surface area (Å²) in [5.41, 5.74) is 0.473. The zero-order chi connectivity index (χ0) is 22.7. The molecule has 2 N–H and O–H groups in total. The van der Waals surface area contributed by atoms with Gasteiger partial charge >= 0.3 is 0 Å². The summed E-state index contributed by atoms with van der Waals surface area (Å²) in [5.74, 6) is -0.705. The minimum Gasteiger partial charge on any atom is -0.326 e. The summed E-state index contributed by atoms with van der Waals surface area (Å²) in [6.07, 6.45) is 0. The van der Waals surface area contributed by atoms with Crippen molar-refractivity contribution in [2.75, 3.05) is 24.8 Å². The number of sulfonamides is 1. The number of nitrogens with one attached hydrogen (secondary N) is 2. The number of benzene rings is 2. The molecule has 0 aliphatic rings. The normalized spacial score (nSPS) is 12.0. The lowest BCUT2D eigenvalue weighted by Crippen LogP contribution is -2.27. The molecule has 0 unspecified atom stereocenters. The molecule has 162 valence electrons. The molecule has 2 aromatic carbocycles. The minimum atomic E-state index is -4.03. The van der Waals surface area contributed by atoms with Crippen molar-refractivity contribution < 1.29 is 22.8 Å². The smallest absolute Gasteiger partial charge is 0.266 e. The van der Waals surface area contributed by atoms with Crippen LogP contribution in [0.15, 0.2) is 47.4 Å². The van der Waals surface area contributed by atoms with Gasteiger partial charge in [0, 0.05) is 29.4 Å². The van der Waals surface area contributed by atoms with E-state index in [9.17, 15) is 18.0 Å². The third-order valence-electron chi connectivity index (χ3n) is 4.13. The first-order valence-corrected chi connectivity index (χ1v) is 10.7. The van der Waals surface area contributed by atoms with Crippen LogP contribution in [0.5, 0.6) is 0 Å². The lowest BCUT2D eigenvalue weighted by molar-refractivity contribution is -0.123. The number of anilines is 2. The van der Waals surface area contributed by atoms with Crippen molar-refractivity contribution in [3.63, 3.8) is 0 Å². The second-order valence-corrected chi connectivity index (χ2v) is 9.79. The van der Waals surface area contributed by atoms with Crippen molar-refractivity contribution in [1.82, 2.24) is 4.47 Å². The molecule has 0 aliphatic carbocycles. The van der Waals surface area contributed by atoms with E-state index in [2.05, 4.69) is 10.6 Å². The van der Waals surface area contributed by atoms with E-state index in [1.165, 1.54) is 32.4 Å². The molecule has 0 radical (unpaired) electrons. The molecule has 0 fully saturated rings. The van der Waals surface area contributed by atoms with E-state index in [0.717, 1.165) is 0 Å². The molecule has 2 rings (SSSR count). The van der Waals surface area contributed by atoms with Gasteiger partial charge in [0.05, 0.1) is 12.1 Å². The van der Waals surface area contributed by atoms with E-state index in [-0.39, 0.29) is 21.4 Å². The predicted molar refractivity (Wildman–Crippen MR) is 116 cm³/mol. The van der Waals surface area contributed by atoms with Crippen LogP contribution in [0, 0.1) is 5.41 Å². The van der Waals surface area contributed by atoms with Gasteiger partial charge in [-0.05, 0) is 36.4 Å². The van der Waals surface area contributed by atoms with E-state index in [0.29, 0.717) is 15.8 Å². The predicted octanol–water partition coefficient (Wildman–Crippen LogP) is 3.76. The van der Waals surface area contributed by atoms with Gasteiger partial charge in [0.2, 0.25) is 5.91 Å². The molecule has 8 nitrogen and oxygen atoms in total. The Hall–Kier alpha value is -2.46. The third kappa shape index (κ3) is 5.57.